The Labute approximate surface area is 66.4 Å². The average Bonchev–Trinajstić information content (AvgIpc) is 0.722. The van der Waals surface area contributed by atoms with Gasteiger partial charge in [-0.1, -0.05) is 0 Å². The van der Waals surface area contributed by atoms with E-state index < -0.39 is 9.05 Å². The summed E-state index contributed by atoms with van der Waals surface area (Å²) in [5.74, 6) is 0. The minimum Gasteiger partial charge on any atom is -0.894 e. The van der Waals surface area contributed by atoms with Crippen LogP contribution < -0.4 is 19.2 Å². The summed E-state index contributed by atoms with van der Waals surface area (Å²) < 4.78 is 0. The summed E-state index contributed by atoms with van der Waals surface area (Å²) in [5, 5.41) is 0. The summed E-state index contributed by atoms with van der Waals surface area (Å²) in [4.78, 5) is 34.3. The molecule has 1 radical (unpaired) electrons. The summed E-state index contributed by atoms with van der Waals surface area (Å²) >= 11 is 0. The summed E-state index contributed by atoms with van der Waals surface area (Å²) in [5.41, 5.74) is 0. The van der Waals surface area contributed by atoms with Gasteiger partial charge in [0.2, 0.25) is 0 Å². The molecular weight excluding hydrogens is 243 g/mol. The van der Waals surface area contributed by atoms with E-state index in [2.05, 4.69) is 0 Å². The molecule has 0 amide bonds. The van der Waals surface area contributed by atoms with Crippen molar-refractivity contribution < 1.29 is 57.3 Å². The molecule has 0 aliphatic rings. The Hall–Kier alpha value is 1.26. The van der Waals surface area contributed by atoms with E-state index in [1.54, 1.807) is 0 Å². The van der Waals surface area contributed by atoms with Crippen molar-refractivity contribution in [1.29, 1.82) is 0 Å². The number of hydrogen-bond donors (Lipinski definition) is 0. The van der Waals surface area contributed by atoms with Crippen molar-refractivity contribution in [2.75, 3.05) is 0 Å². The van der Waals surface area contributed by atoms with Gasteiger partial charge in [-0.05, 0) is 0 Å². The molecule has 0 heterocycles. The third kappa shape index (κ3) is 126. The normalized spacial score (nSPS) is 8.57. The van der Waals surface area contributed by atoms with Gasteiger partial charge in [0.05, 0.1) is 0 Å². The third-order valence-corrected chi connectivity index (χ3v) is 0. The van der Waals surface area contributed by atoms with Crippen molar-refractivity contribution in [2.24, 2.45) is 0 Å². The van der Waals surface area contributed by atoms with E-state index >= 15 is 0 Å². The fraction of sp³-hybridized carbons (Fsp3) is 0. The molecule has 7 heteroatoms. The van der Waals surface area contributed by atoms with E-state index in [9.17, 15) is 0 Å². The maximum atomic E-state index is 8.58. The van der Waals surface area contributed by atoms with Gasteiger partial charge in [0.25, 0.3) is 0 Å². The third-order valence-electron chi connectivity index (χ3n) is 0. The molecule has 0 spiro atoms. The second-order valence-corrected chi connectivity index (χ2v) is 1.50. The first kappa shape index (κ1) is 15.7. The quantitative estimate of drug-likeness (QED) is 0.398. The zero-order chi connectivity index (χ0) is 4.50. The standard InChI is InChI=1S/Mn.Mo.O4Si/c;;1-5(2,3)4/q+2;+4;-4. The van der Waals surface area contributed by atoms with Gasteiger partial charge in [-0.25, -0.2) is 0 Å². The molecule has 0 saturated heterocycles. The van der Waals surface area contributed by atoms with Crippen molar-refractivity contribution in [3.63, 3.8) is 0 Å². The molecule has 0 aliphatic heterocycles. The summed E-state index contributed by atoms with van der Waals surface area (Å²) in [7, 11) is -5.61. The largest absolute Gasteiger partial charge is 4.00 e. The van der Waals surface area contributed by atoms with E-state index in [1.165, 1.54) is 0 Å². The van der Waals surface area contributed by atoms with Crippen LogP contribution in [0.15, 0.2) is 0 Å². The van der Waals surface area contributed by atoms with Crippen LogP contribution in [0, 0.1) is 0 Å². The first-order chi connectivity index (χ1) is 2.00. The Morgan fingerprint density at radius 1 is 0.857 bits per heavy atom. The molecule has 0 aromatic heterocycles. The Balaban J connectivity index is -0.0000000800. The predicted octanol–water partition coefficient (Wildman–Crippen LogP) is -5.14. The molecule has 0 N–H and O–H groups in total. The van der Waals surface area contributed by atoms with Gasteiger partial charge in [-0.3, -0.25) is 0 Å². The summed E-state index contributed by atoms with van der Waals surface area (Å²) in [6, 6.07) is 0. The molecule has 0 unspecified atom stereocenters. The minimum atomic E-state index is -5.61. The second-order valence-electron chi connectivity index (χ2n) is 0.500. The maximum absolute atomic E-state index is 8.58. The van der Waals surface area contributed by atoms with Gasteiger partial charge in [0.1, 0.15) is 0 Å². The number of hydrogen-bond acceptors (Lipinski definition) is 4. The van der Waals surface area contributed by atoms with Crippen molar-refractivity contribution in [3.8, 4) is 0 Å². The number of rotatable bonds is 0. The Kier molecular flexibility index (Phi) is 12.1. The zero-order valence-electron chi connectivity index (χ0n) is 2.92. The molecule has 4 nitrogen and oxygen atoms in total. The van der Waals surface area contributed by atoms with E-state index in [0.29, 0.717) is 0 Å². The molecule has 0 aromatic carbocycles. The molecular formula is MnMoO4Si+2. The first-order valence-corrected chi connectivity index (χ1v) is 2.45. The fourth-order valence-electron chi connectivity index (χ4n) is 0. The second kappa shape index (κ2) is 5.40. The fourth-order valence-corrected chi connectivity index (χ4v) is 0. The van der Waals surface area contributed by atoms with Crippen LogP contribution in [0.1, 0.15) is 0 Å². The van der Waals surface area contributed by atoms with Crippen LogP contribution in [0.25, 0.3) is 0 Å². The van der Waals surface area contributed by atoms with E-state index in [0.717, 1.165) is 0 Å². The summed E-state index contributed by atoms with van der Waals surface area (Å²) in [6.07, 6.45) is 0. The Bertz CT molecular complexity index is 27.2. The van der Waals surface area contributed by atoms with Crippen LogP contribution in [-0.4, -0.2) is 9.05 Å². The van der Waals surface area contributed by atoms with Crippen LogP contribution in [-0.2, 0) is 38.1 Å². The average molecular weight is 243 g/mol. The predicted molar refractivity (Wildman–Crippen MR) is 5.75 cm³/mol. The molecule has 39 valence electrons. The molecule has 0 saturated carbocycles. The summed E-state index contributed by atoms with van der Waals surface area (Å²) in [6.45, 7) is 0. The monoisotopic (exact) mass is 245 g/mol. The van der Waals surface area contributed by atoms with Crippen molar-refractivity contribution in [3.05, 3.63) is 0 Å². The molecule has 0 bridgehead atoms. The SMILES string of the molecule is [Mn+2].[Mo+4].[O-][Si]([O-])([O-])[O-]. The van der Waals surface area contributed by atoms with E-state index in [4.69, 9.17) is 19.2 Å². The Morgan fingerprint density at radius 2 is 0.857 bits per heavy atom. The maximum Gasteiger partial charge on any atom is 4.00 e. The van der Waals surface area contributed by atoms with Crippen LogP contribution in [0.3, 0.4) is 0 Å². The van der Waals surface area contributed by atoms with Gasteiger partial charge >= 0.3 is 38.1 Å². The first-order valence-electron chi connectivity index (χ1n) is 0.816. The smallest absolute Gasteiger partial charge is 0.894 e. The van der Waals surface area contributed by atoms with Crippen LogP contribution >= 0.6 is 0 Å². The van der Waals surface area contributed by atoms with Gasteiger partial charge < -0.3 is 28.2 Å². The molecule has 7 heavy (non-hydrogen) atoms. The van der Waals surface area contributed by atoms with Crippen LogP contribution in [0.4, 0.5) is 0 Å². The van der Waals surface area contributed by atoms with Gasteiger partial charge in [0, 0.05) is 0 Å². The molecule has 0 aromatic rings. The molecule has 0 fully saturated rings. The van der Waals surface area contributed by atoms with E-state index in [-0.39, 0.29) is 38.1 Å². The van der Waals surface area contributed by atoms with Crippen molar-refractivity contribution >= 4 is 9.05 Å². The van der Waals surface area contributed by atoms with Crippen LogP contribution in [0.2, 0.25) is 0 Å². The van der Waals surface area contributed by atoms with Gasteiger partial charge in [-0.15, -0.1) is 0 Å². The van der Waals surface area contributed by atoms with Crippen molar-refractivity contribution in [2.45, 2.75) is 0 Å². The molecule has 0 rings (SSSR count). The van der Waals surface area contributed by atoms with Gasteiger partial charge in [0.15, 0.2) is 0 Å². The minimum absolute atomic E-state index is 0. The zero-order valence-corrected chi connectivity index (χ0v) is 7.11. The van der Waals surface area contributed by atoms with Gasteiger partial charge in [-0.2, -0.15) is 0 Å². The topological polar surface area (TPSA) is 92.2 Å². The molecule has 0 aliphatic carbocycles. The van der Waals surface area contributed by atoms with E-state index in [1.807, 2.05) is 0 Å². The molecule has 0 atom stereocenters. The van der Waals surface area contributed by atoms with Crippen molar-refractivity contribution in [1.82, 2.24) is 0 Å². The Morgan fingerprint density at radius 3 is 0.857 bits per heavy atom. The van der Waals surface area contributed by atoms with Crippen LogP contribution in [0.5, 0.6) is 0 Å².